The Hall–Kier alpha value is -2.16. The maximum absolute atomic E-state index is 13.4. The van der Waals surface area contributed by atoms with Gasteiger partial charge in [-0.3, -0.25) is 4.79 Å². The minimum atomic E-state index is -0.335. The van der Waals surface area contributed by atoms with Crippen molar-refractivity contribution in [2.75, 3.05) is 5.73 Å². The second kappa shape index (κ2) is 5.45. The van der Waals surface area contributed by atoms with Gasteiger partial charge in [-0.1, -0.05) is 30.3 Å². The van der Waals surface area contributed by atoms with Gasteiger partial charge in [-0.2, -0.15) is 0 Å². The van der Waals surface area contributed by atoms with Gasteiger partial charge in [0.05, 0.1) is 0 Å². The minimum Gasteiger partial charge on any atom is -0.399 e. The average molecular weight is 243 g/mol. The lowest BCUT2D eigenvalue weighted by molar-refractivity contribution is -0.117. The zero-order chi connectivity index (χ0) is 13.0. The van der Waals surface area contributed by atoms with Crippen LogP contribution < -0.4 is 5.73 Å². The molecule has 92 valence electrons. The Labute approximate surface area is 105 Å². The number of rotatable bonds is 4. The summed E-state index contributed by atoms with van der Waals surface area (Å²) in [7, 11) is 0. The van der Waals surface area contributed by atoms with Crippen LogP contribution in [0.3, 0.4) is 0 Å². The van der Waals surface area contributed by atoms with Crippen LogP contribution in [-0.4, -0.2) is 5.78 Å². The quantitative estimate of drug-likeness (QED) is 0.839. The van der Waals surface area contributed by atoms with Crippen molar-refractivity contribution >= 4 is 11.5 Å². The molecule has 2 aromatic rings. The molecule has 0 aromatic heterocycles. The number of nitrogen functional groups attached to an aromatic ring is 1. The van der Waals surface area contributed by atoms with Gasteiger partial charge >= 0.3 is 0 Å². The standard InChI is InChI=1S/C15H14FNO/c16-15-7-2-1-5-12(15)10-14(18)9-11-4-3-6-13(17)8-11/h1-8H,9-10,17H2. The van der Waals surface area contributed by atoms with Gasteiger partial charge in [-0.15, -0.1) is 0 Å². The number of benzene rings is 2. The van der Waals surface area contributed by atoms with Gasteiger partial charge in [0.2, 0.25) is 0 Å². The van der Waals surface area contributed by atoms with Crippen LogP contribution in [0.2, 0.25) is 0 Å². The molecule has 3 heteroatoms. The monoisotopic (exact) mass is 243 g/mol. The third kappa shape index (κ3) is 3.17. The Balaban J connectivity index is 2.03. The predicted octanol–water partition coefficient (Wildman–Crippen LogP) is 2.76. The Morgan fingerprint density at radius 2 is 1.83 bits per heavy atom. The van der Waals surface area contributed by atoms with E-state index in [4.69, 9.17) is 5.73 Å². The van der Waals surface area contributed by atoms with Crippen LogP contribution in [-0.2, 0) is 17.6 Å². The maximum Gasteiger partial charge on any atom is 0.141 e. The van der Waals surface area contributed by atoms with Crippen LogP contribution in [0.25, 0.3) is 0 Å². The molecule has 0 amide bonds. The minimum absolute atomic E-state index is 0.0225. The van der Waals surface area contributed by atoms with E-state index >= 15 is 0 Å². The van der Waals surface area contributed by atoms with Crippen LogP contribution >= 0.6 is 0 Å². The zero-order valence-corrected chi connectivity index (χ0v) is 9.90. The molecule has 0 unspecified atom stereocenters. The Kier molecular flexibility index (Phi) is 3.72. The fourth-order valence-electron chi connectivity index (χ4n) is 1.85. The molecule has 0 fully saturated rings. The van der Waals surface area contributed by atoms with Crippen molar-refractivity contribution in [3.8, 4) is 0 Å². The van der Waals surface area contributed by atoms with E-state index < -0.39 is 0 Å². The third-order valence-corrected chi connectivity index (χ3v) is 2.70. The smallest absolute Gasteiger partial charge is 0.141 e. The highest BCUT2D eigenvalue weighted by Crippen LogP contribution is 2.11. The van der Waals surface area contributed by atoms with Crippen molar-refractivity contribution < 1.29 is 9.18 Å². The topological polar surface area (TPSA) is 43.1 Å². The molecule has 0 aliphatic carbocycles. The summed E-state index contributed by atoms with van der Waals surface area (Å²) in [6.07, 6.45) is 0.390. The van der Waals surface area contributed by atoms with E-state index in [1.165, 1.54) is 6.07 Å². The number of halogens is 1. The number of carbonyl (C=O) groups is 1. The summed E-state index contributed by atoms with van der Waals surface area (Å²) in [5, 5.41) is 0. The number of anilines is 1. The van der Waals surface area contributed by atoms with Gasteiger partial charge in [-0.25, -0.2) is 4.39 Å². The van der Waals surface area contributed by atoms with Crippen molar-refractivity contribution in [1.82, 2.24) is 0 Å². The lowest BCUT2D eigenvalue weighted by atomic mass is 10.0. The number of ketones is 1. The van der Waals surface area contributed by atoms with Crippen LogP contribution in [0.1, 0.15) is 11.1 Å². The Morgan fingerprint density at radius 1 is 1.06 bits per heavy atom. The molecule has 0 aliphatic heterocycles. The summed E-state index contributed by atoms with van der Waals surface area (Å²) < 4.78 is 13.4. The molecule has 0 saturated heterocycles. The van der Waals surface area contributed by atoms with E-state index in [1.807, 2.05) is 6.07 Å². The first-order chi connectivity index (χ1) is 8.65. The van der Waals surface area contributed by atoms with Crippen molar-refractivity contribution in [3.63, 3.8) is 0 Å². The summed E-state index contributed by atoms with van der Waals surface area (Å²) >= 11 is 0. The molecule has 0 bridgehead atoms. The Bertz CT molecular complexity index is 566. The van der Waals surface area contributed by atoms with Crippen molar-refractivity contribution in [1.29, 1.82) is 0 Å². The van der Waals surface area contributed by atoms with Gasteiger partial charge in [0, 0.05) is 18.5 Å². The first kappa shape index (κ1) is 12.3. The van der Waals surface area contributed by atoms with Crippen LogP contribution in [0.4, 0.5) is 10.1 Å². The van der Waals surface area contributed by atoms with Crippen LogP contribution in [0, 0.1) is 5.82 Å². The van der Waals surface area contributed by atoms with Gasteiger partial charge in [0.1, 0.15) is 11.6 Å². The molecular weight excluding hydrogens is 229 g/mol. The predicted molar refractivity (Wildman–Crippen MR) is 69.7 cm³/mol. The van der Waals surface area contributed by atoms with Crippen molar-refractivity contribution in [2.45, 2.75) is 12.8 Å². The van der Waals surface area contributed by atoms with Crippen LogP contribution in [0.5, 0.6) is 0 Å². The zero-order valence-electron chi connectivity index (χ0n) is 9.90. The number of carbonyl (C=O) groups excluding carboxylic acids is 1. The van der Waals surface area contributed by atoms with Gasteiger partial charge in [0.25, 0.3) is 0 Å². The van der Waals surface area contributed by atoms with E-state index in [0.29, 0.717) is 11.3 Å². The largest absolute Gasteiger partial charge is 0.399 e. The second-order valence-corrected chi connectivity index (χ2v) is 4.23. The summed E-state index contributed by atoms with van der Waals surface area (Å²) in [4.78, 5) is 11.8. The summed E-state index contributed by atoms with van der Waals surface area (Å²) in [6, 6.07) is 13.5. The fraction of sp³-hybridized carbons (Fsp3) is 0.133. The molecule has 18 heavy (non-hydrogen) atoms. The van der Waals surface area contributed by atoms with Crippen LogP contribution in [0.15, 0.2) is 48.5 Å². The molecule has 0 atom stereocenters. The number of hydrogen-bond donors (Lipinski definition) is 1. The highest BCUT2D eigenvalue weighted by molar-refractivity contribution is 5.83. The van der Waals surface area contributed by atoms with Gasteiger partial charge < -0.3 is 5.73 Å². The average Bonchev–Trinajstić information content (AvgIpc) is 2.32. The van der Waals surface area contributed by atoms with E-state index in [-0.39, 0.29) is 24.4 Å². The highest BCUT2D eigenvalue weighted by Gasteiger charge is 2.08. The lowest BCUT2D eigenvalue weighted by Crippen LogP contribution is -2.08. The molecule has 2 aromatic carbocycles. The summed E-state index contributed by atoms with van der Waals surface area (Å²) in [5.74, 6) is -0.357. The van der Waals surface area contributed by atoms with Gasteiger partial charge in [0.15, 0.2) is 0 Å². The van der Waals surface area contributed by atoms with E-state index in [1.54, 1.807) is 36.4 Å². The molecular formula is C15H14FNO. The van der Waals surface area contributed by atoms with E-state index in [9.17, 15) is 9.18 Å². The molecule has 2 rings (SSSR count). The number of hydrogen-bond acceptors (Lipinski definition) is 2. The molecule has 0 heterocycles. The number of Topliss-reactive ketones (excluding diaryl/α,β-unsaturated/α-hetero) is 1. The normalized spacial score (nSPS) is 10.3. The second-order valence-electron chi connectivity index (χ2n) is 4.23. The lowest BCUT2D eigenvalue weighted by Gasteiger charge is -2.04. The SMILES string of the molecule is Nc1cccc(CC(=O)Cc2ccccc2F)c1. The maximum atomic E-state index is 13.4. The third-order valence-electron chi connectivity index (χ3n) is 2.70. The van der Waals surface area contributed by atoms with E-state index in [0.717, 1.165) is 5.56 Å². The number of nitrogens with two attached hydrogens (primary N) is 1. The fourth-order valence-corrected chi connectivity index (χ4v) is 1.85. The molecule has 2 N–H and O–H groups in total. The van der Waals surface area contributed by atoms with Crippen molar-refractivity contribution in [3.05, 3.63) is 65.5 Å². The Morgan fingerprint density at radius 3 is 2.56 bits per heavy atom. The molecule has 0 spiro atoms. The van der Waals surface area contributed by atoms with E-state index in [2.05, 4.69) is 0 Å². The molecule has 2 nitrogen and oxygen atoms in total. The van der Waals surface area contributed by atoms with Crippen molar-refractivity contribution in [2.24, 2.45) is 0 Å². The molecule has 0 radical (unpaired) electrons. The molecule has 0 aliphatic rings. The first-order valence-electron chi connectivity index (χ1n) is 5.74. The molecule has 0 saturated carbocycles. The summed E-state index contributed by atoms with van der Waals surface area (Å²) in [6.45, 7) is 0. The summed E-state index contributed by atoms with van der Waals surface area (Å²) in [5.41, 5.74) is 7.56. The highest BCUT2D eigenvalue weighted by atomic mass is 19.1. The first-order valence-corrected chi connectivity index (χ1v) is 5.74. The van der Waals surface area contributed by atoms with Gasteiger partial charge in [-0.05, 0) is 29.3 Å².